The van der Waals surface area contributed by atoms with Crippen LogP contribution in [0.1, 0.15) is 11.1 Å². The largest absolute Gasteiger partial charge is 0.490 e. The van der Waals surface area contributed by atoms with E-state index in [9.17, 15) is 4.79 Å². The Kier molecular flexibility index (Phi) is 6.90. The standard InChI is InChI=1S/C22H21NO3S2/c1-3-8-16-9-4-6-11-18(16)25-13-14-26-19-12-7-5-10-17(19)15-20-21(24)23(2)22(27)28-20/h3-7,9-12,15H,1,8,13-14H2,2H3/b20-15-. The Morgan fingerprint density at radius 2 is 1.71 bits per heavy atom. The molecule has 0 bridgehead atoms. The average Bonchev–Trinajstić information content (AvgIpc) is 2.94. The molecule has 0 N–H and O–H groups in total. The maximum absolute atomic E-state index is 12.2. The molecule has 144 valence electrons. The summed E-state index contributed by atoms with van der Waals surface area (Å²) in [4.78, 5) is 14.3. The van der Waals surface area contributed by atoms with Crippen LogP contribution in [0.2, 0.25) is 0 Å². The van der Waals surface area contributed by atoms with E-state index in [2.05, 4.69) is 6.58 Å². The molecule has 0 unspecified atom stereocenters. The van der Waals surface area contributed by atoms with Crippen molar-refractivity contribution in [1.29, 1.82) is 0 Å². The van der Waals surface area contributed by atoms with Gasteiger partial charge in [0.15, 0.2) is 0 Å². The number of nitrogens with zero attached hydrogens (tertiary/aromatic N) is 1. The van der Waals surface area contributed by atoms with Crippen molar-refractivity contribution in [2.75, 3.05) is 20.3 Å². The molecular formula is C22H21NO3S2. The minimum atomic E-state index is -0.0908. The van der Waals surface area contributed by atoms with Crippen LogP contribution in [0.4, 0.5) is 0 Å². The van der Waals surface area contributed by atoms with Gasteiger partial charge in [-0.2, -0.15) is 0 Å². The summed E-state index contributed by atoms with van der Waals surface area (Å²) in [6.07, 6.45) is 4.43. The summed E-state index contributed by atoms with van der Waals surface area (Å²) in [6.45, 7) is 4.58. The van der Waals surface area contributed by atoms with Crippen molar-refractivity contribution >= 4 is 40.3 Å². The number of thioether (sulfide) groups is 1. The second-order valence-electron chi connectivity index (χ2n) is 6.08. The molecule has 1 heterocycles. The number of carbonyl (C=O) groups is 1. The Labute approximate surface area is 174 Å². The van der Waals surface area contributed by atoms with Crippen LogP contribution in [-0.2, 0) is 11.2 Å². The zero-order valence-electron chi connectivity index (χ0n) is 15.6. The smallest absolute Gasteiger partial charge is 0.265 e. The highest BCUT2D eigenvalue weighted by molar-refractivity contribution is 8.26. The molecule has 0 radical (unpaired) electrons. The van der Waals surface area contributed by atoms with E-state index in [0.717, 1.165) is 23.3 Å². The van der Waals surface area contributed by atoms with Crippen LogP contribution in [-0.4, -0.2) is 35.4 Å². The molecule has 1 aliphatic rings. The second kappa shape index (κ2) is 9.57. The molecule has 0 aromatic heterocycles. The van der Waals surface area contributed by atoms with E-state index in [1.165, 1.54) is 16.7 Å². The number of likely N-dealkylation sites (N-methyl/N-ethyl adjacent to an activating group) is 1. The van der Waals surface area contributed by atoms with Crippen LogP contribution in [0.25, 0.3) is 6.08 Å². The molecule has 3 rings (SSSR count). The molecule has 1 saturated heterocycles. The molecule has 0 atom stereocenters. The van der Waals surface area contributed by atoms with E-state index in [1.54, 1.807) is 7.05 Å². The zero-order valence-corrected chi connectivity index (χ0v) is 17.2. The number of hydrogen-bond acceptors (Lipinski definition) is 5. The van der Waals surface area contributed by atoms with E-state index in [1.807, 2.05) is 60.7 Å². The lowest BCUT2D eigenvalue weighted by Crippen LogP contribution is -2.22. The van der Waals surface area contributed by atoms with Crippen molar-refractivity contribution in [3.05, 3.63) is 77.2 Å². The van der Waals surface area contributed by atoms with Crippen molar-refractivity contribution in [2.45, 2.75) is 6.42 Å². The van der Waals surface area contributed by atoms with Gasteiger partial charge in [-0.3, -0.25) is 9.69 Å². The lowest BCUT2D eigenvalue weighted by Gasteiger charge is -2.12. The highest BCUT2D eigenvalue weighted by atomic mass is 32.2. The third-order valence-corrected chi connectivity index (χ3v) is 5.61. The Hall–Kier alpha value is -2.57. The molecule has 0 spiro atoms. The molecule has 1 amide bonds. The minimum absolute atomic E-state index is 0.0908. The Morgan fingerprint density at radius 1 is 1.07 bits per heavy atom. The number of amides is 1. The van der Waals surface area contributed by atoms with Crippen LogP contribution < -0.4 is 9.47 Å². The highest BCUT2D eigenvalue weighted by Crippen LogP contribution is 2.33. The molecule has 2 aromatic carbocycles. The van der Waals surface area contributed by atoms with Gasteiger partial charge in [0.25, 0.3) is 5.91 Å². The first-order valence-electron chi connectivity index (χ1n) is 8.85. The predicted molar refractivity (Wildman–Crippen MR) is 119 cm³/mol. The maximum Gasteiger partial charge on any atom is 0.265 e. The van der Waals surface area contributed by atoms with Crippen LogP contribution in [0.5, 0.6) is 11.5 Å². The fourth-order valence-corrected chi connectivity index (χ4v) is 3.86. The molecule has 1 aliphatic heterocycles. The summed E-state index contributed by atoms with van der Waals surface area (Å²) >= 11 is 6.48. The maximum atomic E-state index is 12.2. The van der Waals surface area contributed by atoms with E-state index in [4.69, 9.17) is 21.7 Å². The fraction of sp³-hybridized carbons (Fsp3) is 0.182. The van der Waals surface area contributed by atoms with Crippen LogP contribution in [0, 0.1) is 0 Å². The third-order valence-electron chi connectivity index (χ3n) is 4.13. The molecule has 0 aliphatic carbocycles. The lowest BCUT2D eigenvalue weighted by atomic mass is 10.1. The Balaban J connectivity index is 1.63. The third kappa shape index (κ3) is 4.82. The number of hydrogen-bond donors (Lipinski definition) is 0. The number of carbonyl (C=O) groups excluding carboxylic acids is 1. The normalized spacial score (nSPS) is 15.2. The van der Waals surface area contributed by atoms with Crippen molar-refractivity contribution in [3.63, 3.8) is 0 Å². The summed E-state index contributed by atoms with van der Waals surface area (Å²) in [5, 5.41) is 0. The number of rotatable bonds is 8. The monoisotopic (exact) mass is 411 g/mol. The number of thiocarbonyl (C=S) groups is 1. The first kappa shape index (κ1) is 20.2. The first-order valence-corrected chi connectivity index (χ1v) is 10.1. The average molecular weight is 412 g/mol. The number of benzene rings is 2. The van der Waals surface area contributed by atoms with Crippen molar-refractivity contribution < 1.29 is 14.3 Å². The summed E-state index contributed by atoms with van der Waals surface area (Å²) in [6, 6.07) is 15.5. The van der Waals surface area contributed by atoms with Crippen LogP contribution in [0.3, 0.4) is 0 Å². The van der Waals surface area contributed by atoms with Gasteiger partial charge in [0.05, 0.1) is 4.91 Å². The van der Waals surface area contributed by atoms with E-state index in [-0.39, 0.29) is 5.91 Å². The molecular weight excluding hydrogens is 390 g/mol. The molecule has 2 aromatic rings. The van der Waals surface area contributed by atoms with Crippen LogP contribution in [0.15, 0.2) is 66.1 Å². The van der Waals surface area contributed by atoms with Gasteiger partial charge in [0.1, 0.15) is 29.0 Å². The van der Waals surface area contributed by atoms with Gasteiger partial charge < -0.3 is 9.47 Å². The fourth-order valence-electron chi connectivity index (χ4n) is 2.69. The summed E-state index contributed by atoms with van der Waals surface area (Å²) in [5.41, 5.74) is 1.93. The van der Waals surface area contributed by atoms with Gasteiger partial charge in [-0.15, -0.1) is 6.58 Å². The number of allylic oxidation sites excluding steroid dienone is 1. The summed E-state index contributed by atoms with van der Waals surface area (Å²) in [7, 11) is 1.68. The second-order valence-corrected chi connectivity index (χ2v) is 7.75. The molecule has 1 fully saturated rings. The van der Waals surface area contributed by atoms with Crippen molar-refractivity contribution in [2.24, 2.45) is 0 Å². The SMILES string of the molecule is C=CCc1ccccc1OCCOc1ccccc1/C=C1\SC(=S)N(C)C1=O. The topological polar surface area (TPSA) is 38.8 Å². The molecule has 0 saturated carbocycles. The van der Waals surface area contributed by atoms with Gasteiger partial charge in [-0.1, -0.05) is 66.5 Å². The van der Waals surface area contributed by atoms with Gasteiger partial charge in [0, 0.05) is 12.6 Å². The van der Waals surface area contributed by atoms with Crippen molar-refractivity contribution in [3.8, 4) is 11.5 Å². The first-order chi connectivity index (χ1) is 13.6. The summed E-state index contributed by atoms with van der Waals surface area (Å²) in [5.74, 6) is 1.45. The van der Waals surface area contributed by atoms with Gasteiger partial charge in [-0.05, 0) is 30.2 Å². The zero-order chi connectivity index (χ0) is 19.9. The summed E-state index contributed by atoms with van der Waals surface area (Å²) < 4.78 is 12.3. The number of ether oxygens (including phenoxy) is 2. The number of para-hydroxylation sites is 2. The van der Waals surface area contributed by atoms with Crippen molar-refractivity contribution in [1.82, 2.24) is 4.90 Å². The van der Waals surface area contributed by atoms with Crippen LogP contribution >= 0.6 is 24.0 Å². The Morgan fingerprint density at radius 3 is 2.39 bits per heavy atom. The molecule has 4 nitrogen and oxygen atoms in total. The predicted octanol–water partition coefficient (Wildman–Crippen LogP) is 4.70. The quantitative estimate of drug-likeness (QED) is 0.272. The van der Waals surface area contributed by atoms with E-state index < -0.39 is 0 Å². The Bertz CT molecular complexity index is 924. The lowest BCUT2D eigenvalue weighted by molar-refractivity contribution is -0.121. The highest BCUT2D eigenvalue weighted by Gasteiger charge is 2.28. The van der Waals surface area contributed by atoms with Gasteiger partial charge in [-0.25, -0.2) is 0 Å². The van der Waals surface area contributed by atoms with E-state index >= 15 is 0 Å². The molecule has 28 heavy (non-hydrogen) atoms. The molecule has 6 heteroatoms. The van der Waals surface area contributed by atoms with Gasteiger partial charge in [0.2, 0.25) is 0 Å². The minimum Gasteiger partial charge on any atom is -0.490 e. The van der Waals surface area contributed by atoms with Gasteiger partial charge >= 0.3 is 0 Å². The van der Waals surface area contributed by atoms with E-state index in [0.29, 0.717) is 28.2 Å².